The predicted octanol–water partition coefficient (Wildman–Crippen LogP) is 3.41. The summed E-state index contributed by atoms with van der Waals surface area (Å²) < 4.78 is 6.86. The van der Waals surface area contributed by atoms with Crippen LogP contribution in [0.3, 0.4) is 0 Å². The van der Waals surface area contributed by atoms with Crippen LogP contribution in [0.1, 0.15) is 11.6 Å². The molecule has 0 radical (unpaired) electrons. The molecule has 4 rings (SSSR count). The maximum atomic E-state index is 11.9. The molecular formula is C17H13N5O2S. The van der Waals surface area contributed by atoms with Crippen molar-refractivity contribution in [1.82, 2.24) is 19.8 Å². The number of rotatable bonds is 4. The lowest BCUT2D eigenvalue weighted by atomic mass is 10.2. The second-order valence-corrected chi connectivity index (χ2v) is 6.22. The minimum atomic E-state index is -0.224. The van der Waals surface area contributed by atoms with Crippen LogP contribution in [-0.4, -0.2) is 25.7 Å². The Morgan fingerprint density at radius 1 is 1.24 bits per heavy atom. The monoisotopic (exact) mass is 351 g/mol. The van der Waals surface area contributed by atoms with Crippen LogP contribution in [0.15, 0.2) is 53.2 Å². The smallest absolute Gasteiger partial charge is 0.248 e. The summed E-state index contributed by atoms with van der Waals surface area (Å²) in [4.78, 5) is 12.7. The second-order valence-electron chi connectivity index (χ2n) is 5.26. The normalized spacial score (nSPS) is 11.4. The number of carbonyl (C=O) groups excluding carboxylic acids is 1. The molecule has 1 aromatic carbocycles. The van der Waals surface area contributed by atoms with E-state index in [1.54, 1.807) is 29.0 Å². The third-order valence-corrected chi connectivity index (χ3v) is 4.44. The fourth-order valence-electron chi connectivity index (χ4n) is 2.26. The largest absolute Gasteiger partial charge is 0.465 e. The lowest BCUT2D eigenvalue weighted by molar-refractivity contribution is -0.111. The van der Waals surface area contributed by atoms with E-state index in [2.05, 4.69) is 20.6 Å². The van der Waals surface area contributed by atoms with E-state index in [4.69, 9.17) is 4.42 Å². The quantitative estimate of drug-likeness (QED) is 0.570. The van der Waals surface area contributed by atoms with Gasteiger partial charge in [-0.25, -0.2) is 0 Å². The first kappa shape index (κ1) is 15.3. The number of benzene rings is 1. The SMILES string of the molecule is Cc1nnc2sc(-c3ccc(NC(=O)C=Cc4ccco4)cc3)nn12. The van der Waals surface area contributed by atoms with Gasteiger partial charge in [0.1, 0.15) is 10.8 Å². The number of fused-ring (bicyclic) bond motifs is 1. The molecule has 1 N–H and O–H groups in total. The highest BCUT2D eigenvalue weighted by atomic mass is 32.1. The average Bonchev–Trinajstić information content (AvgIpc) is 3.33. The molecule has 0 saturated carbocycles. The standard InChI is InChI=1S/C17H13N5O2S/c1-11-19-20-17-22(11)21-16(25-17)12-4-6-13(7-5-12)18-15(23)9-8-14-3-2-10-24-14/h2-10H,1H3,(H,18,23). The number of aryl methyl sites for hydroxylation is 1. The van der Waals surface area contributed by atoms with E-state index in [1.165, 1.54) is 17.4 Å². The van der Waals surface area contributed by atoms with Crippen molar-refractivity contribution in [1.29, 1.82) is 0 Å². The number of anilines is 1. The van der Waals surface area contributed by atoms with Gasteiger partial charge < -0.3 is 9.73 Å². The predicted molar refractivity (Wildman–Crippen MR) is 95.2 cm³/mol. The average molecular weight is 351 g/mol. The Bertz CT molecular complexity index is 1040. The Balaban J connectivity index is 1.47. The fourth-order valence-corrected chi connectivity index (χ4v) is 3.15. The minimum absolute atomic E-state index is 0.224. The first-order valence-electron chi connectivity index (χ1n) is 7.51. The van der Waals surface area contributed by atoms with E-state index in [1.807, 2.05) is 31.2 Å². The van der Waals surface area contributed by atoms with Crippen LogP contribution in [0.25, 0.3) is 21.6 Å². The molecule has 25 heavy (non-hydrogen) atoms. The van der Waals surface area contributed by atoms with Gasteiger partial charge >= 0.3 is 0 Å². The Labute approximate surface area is 146 Å². The number of nitrogens with one attached hydrogen (secondary N) is 1. The Morgan fingerprint density at radius 2 is 2.08 bits per heavy atom. The number of furan rings is 1. The van der Waals surface area contributed by atoms with Crippen molar-refractivity contribution in [3.63, 3.8) is 0 Å². The molecule has 0 aliphatic carbocycles. The fraction of sp³-hybridized carbons (Fsp3) is 0.0588. The van der Waals surface area contributed by atoms with Crippen LogP contribution in [-0.2, 0) is 4.79 Å². The maximum Gasteiger partial charge on any atom is 0.248 e. The van der Waals surface area contributed by atoms with Crippen molar-refractivity contribution in [3.8, 4) is 10.6 Å². The summed E-state index contributed by atoms with van der Waals surface area (Å²) in [7, 11) is 0. The van der Waals surface area contributed by atoms with E-state index < -0.39 is 0 Å². The number of aromatic nitrogens is 4. The van der Waals surface area contributed by atoms with Gasteiger partial charge in [-0.2, -0.15) is 9.61 Å². The van der Waals surface area contributed by atoms with Crippen molar-refractivity contribution < 1.29 is 9.21 Å². The zero-order valence-corrected chi connectivity index (χ0v) is 14.0. The zero-order valence-electron chi connectivity index (χ0n) is 13.2. The van der Waals surface area contributed by atoms with E-state index >= 15 is 0 Å². The molecule has 4 aromatic rings. The third kappa shape index (κ3) is 3.20. The van der Waals surface area contributed by atoms with Crippen LogP contribution < -0.4 is 5.32 Å². The first-order chi connectivity index (χ1) is 12.2. The summed E-state index contributed by atoms with van der Waals surface area (Å²) in [5.41, 5.74) is 1.66. The van der Waals surface area contributed by atoms with Crippen molar-refractivity contribution in [2.45, 2.75) is 6.92 Å². The molecule has 0 spiro atoms. The highest BCUT2D eigenvalue weighted by molar-refractivity contribution is 7.19. The third-order valence-electron chi connectivity index (χ3n) is 3.49. The molecule has 7 nitrogen and oxygen atoms in total. The second kappa shape index (κ2) is 6.33. The molecule has 0 aliphatic rings. The lowest BCUT2D eigenvalue weighted by Gasteiger charge is -2.02. The topological polar surface area (TPSA) is 85.3 Å². The number of hydrogen-bond acceptors (Lipinski definition) is 6. The van der Waals surface area contributed by atoms with Crippen molar-refractivity contribution in [2.24, 2.45) is 0 Å². The summed E-state index contributed by atoms with van der Waals surface area (Å²) >= 11 is 1.47. The molecule has 1 amide bonds. The van der Waals surface area contributed by atoms with Crippen molar-refractivity contribution >= 4 is 34.0 Å². The lowest BCUT2D eigenvalue weighted by Crippen LogP contribution is -2.07. The number of nitrogens with zero attached hydrogens (tertiary/aromatic N) is 4. The minimum Gasteiger partial charge on any atom is -0.465 e. The van der Waals surface area contributed by atoms with Gasteiger partial charge in [0, 0.05) is 17.3 Å². The molecular weight excluding hydrogens is 338 g/mol. The Kier molecular flexibility index (Phi) is 3.87. The van der Waals surface area contributed by atoms with Gasteiger partial charge in [0.15, 0.2) is 5.82 Å². The zero-order chi connectivity index (χ0) is 17.2. The van der Waals surface area contributed by atoms with Gasteiger partial charge in [-0.1, -0.05) is 11.3 Å². The first-order valence-corrected chi connectivity index (χ1v) is 8.32. The molecule has 0 saturated heterocycles. The van der Waals surface area contributed by atoms with Crippen LogP contribution >= 0.6 is 11.3 Å². The summed E-state index contributed by atoms with van der Waals surface area (Å²) in [6.45, 7) is 1.86. The van der Waals surface area contributed by atoms with E-state index in [0.29, 0.717) is 11.4 Å². The molecule has 124 valence electrons. The molecule has 0 atom stereocenters. The molecule has 0 aliphatic heterocycles. The van der Waals surface area contributed by atoms with Gasteiger partial charge in [0.2, 0.25) is 10.9 Å². The van der Waals surface area contributed by atoms with Gasteiger partial charge in [-0.05, 0) is 49.4 Å². The van der Waals surface area contributed by atoms with Crippen molar-refractivity contribution in [2.75, 3.05) is 5.32 Å². The molecule has 3 heterocycles. The molecule has 0 bridgehead atoms. The highest BCUT2D eigenvalue weighted by Gasteiger charge is 2.10. The Morgan fingerprint density at radius 3 is 2.80 bits per heavy atom. The van der Waals surface area contributed by atoms with E-state index in [-0.39, 0.29) is 5.91 Å². The highest BCUT2D eigenvalue weighted by Crippen LogP contribution is 2.26. The molecule has 0 fully saturated rings. The summed E-state index contributed by atoms with van der Waals surface area (Å²) in [5.74, 6) is 1.16. The van der Waals surface area contributed by atoms with Crippen LogP contribution in [0.2, 0.25) is 0 Å². The molecule has 0 unspecified atom stereocenters. The van der Waals surface area contributed by atoms with Gasteiger partial charge in [0.05, 0.1) is 6.26 Å². The van der Waals surface area contributed by atoms with Crippen LogP contribution in [0, 0.1) is 6.92 Å². The summed E-state index contributed by atoms with van der Waals surface area (Å²) in [6.07, 6.45) is 4.60. The number of carbonyl (C=O) groups is 1. The van der Waals surface area contributed by atoms with Gasteiger partial charge in [0.25, 0.3) is 0 Å². The number of amides is 1. The molecule has 3 aromatic heterocycles. The van der Waals surface area contributed by atoms with Gasteiger partial charge in [-0.3, -0.25) is 4.79 Å². The van der Waals surface area contributed by atoms with Crippen molar-refractivity contribution in [3.05, 3.63) is 60.3 Å². The summed E-state index contributed by atoms with van der Waals surface area (Å²) in [6, 6.07) is 11.0. The van der Waals surface area contributed by atoms with Crippen LogP contribution in [0.4, 0.5) is 5.69 Å². The number of hydrogen-bond donors (Lipinski definition) is 1. The van der Waals surface area contributed by atoms with Gasteiger partial charge in [-0.15, -0.1) is 10.2 Å². The maximum absolute atomic E-state index is 11.9. The Hall–Kier alpha value is -3.26. The molecule has 8 heteroatoms. The van der Waals surface area contributed by atoms with Crippen LogP contribution in [0.5, 0.6) is 0 Å². The van der Waals surface area contributed by atoms with E-state index in [0.717, 1.165) is 21.4 Å². The van der Waals surface area contributed by atoms with E-state index in [9.17, 15) is 4.79 Å². The summed E-state index contributed by atoms with van der Waals surface area (Å²) in [5, 5.41) is 16.2.